The second-order valence-corrected chi connectivity index (χ2v) is 7.13. The van der Waals surface area contributed by atoms with E-state index in [1.807, 2.05) is 0 Å². The molecule has 0 saturated carbocycles. The van der Waals surface area contributed by atoms with Crippen molar-refractivity contribution >= 4 is 21.8 Å². The van der Waals surface area contributed by atoms with Crippen LogP contribution in [-0.2, 0) is 6.42 Å². The van der Waals surface area contributed by atoms with Gasteiger partial charge in [-0.3, -0.25) is 4.98 Å². The molecule has 0 amide bonds. The molecule has 1 aliphatic carbocycles. The van der Waals surface area contributed by atoms with Crippen molar-refractivity contribution in [2.75, 3.05) is 0 Å². The fraction of sp³-hybridized carbons (Fsp3) is 0.389. The summed E-state index contributed by atoms with van der Waals surface area (Å²) in [6.45, 7) is 6.66. The second-order valence-electron chi connectivity index (χ2n) is 7.13. The van der Waals surface area contributed by atoms with E-state index in [0.29, 0.717) is 0 Å². The highest BCUT2D eigenvalue weighted by atomic mass is 14.8. The summed E-state index contributed by atoms with van der Waals surface area (Å²) in [6.07, 6.45) is 2.02. The summed E-state index contributed by atoms with van der Waals surface area (Å²) in [5, 5.41) is 2.56. The number of hydrogen-bond donors (Lipinski definition) is 2. The molecule has 0 fully saturated rings. The average molecular weight is 279 g/mol. The van der Waals surface area contributed by atoms with Crippen LogP contribution in [0.3, 0.4) is 0 Å². The molecule has 1 atom stereocenters. The third-order valence-corrected chi connectivity index (χ3v) is 4.74. The fourth-order valence-electron chi connectivity index (χ4n) is 3.91. The molecular formula is C18H21N3. The van der Waals surface area contributed by atoms with Gasteiger partial charge in [0.15, 0.2) is 0 Å². The zero-order valence-corrected chi connectivity index (χ0v) is 12.8. The van der Waals surface area contributed by atoms with Crippen LogP contribution in [0.1, 0.15) is 43.3 Å². The SMILES string of the molecule is Cc1nc2c(c3c1[nH]c1ccccc13)[C@@H](N)CC(C)(C)C2. The van der Waals surface area contributed by atoms with Gasteiger partial charge in [0.05, 0.1) is 11.2 Å². The Morgan fingerprint density at radius 3 is 2.86 bits per heavy atom. The molecule has 3 nitrogen and oxygen atoms in total. The van der Waals surface area contributed by atoms with Crippen molar-refractivity contribution in [2.24, 2.45) is 11.1 Å². The molecule has 0 radical (unpaired) electrons. The highest BCUT2D eigenvalue weighted by molar-refractivity contribution is 6.10. The zero-order chi connectivity index (χ0) is 14.8. The van der Waals surface area contributed by atoms with Crippen LogP contribution >= 0.6 is 0 Å². The topological polar surface area (TPSA) is 54.7 Å². The van der Waals surface area contributed by atoms with Crippen molar-refractivity contribution < 1.29 is 0 Å². The van der Waals surface area contributed by atoms with Gasteiger partial charge in [-0.15, -0.1) is 0 Å². The first-order valence-corrected chi connectivity index (χ1v) is 7.62. The number of nitrogens with one attached hydrogen (secondary N) is 1. The Morgan fingerprint density at radius 2 is 2.05 bits per heavy atom. The normalized spacial score (nSPS) is 20.9. The number of nitrogens with zero attached hydrogens (tertiary/aromatic N) is 1. The average Bonchev–Trinajstić information content (AvgIpc) is 2.77. The number of aromatic nitrogens is 2. The third-order valence-electron chi connectivity index (χ3n) is 4.74. The molecule has 2 aromatic heterocycles. The quantitative estimate of drug-likeness (QED) is 0.653. The van der Waals surface area contributed by atoms with Gasteiger partial charge in [-0.05, 0) is 31.2 Å². The number of nitrogens with two attached hydrogens (primary N) is 1. The van der Waals surface area contributed by atoms with Gasteiger partial charge < -0.3 is 10.7 Å². The van der Waals surface area contributed by atoms with Gasteiger partial charge >= 0.3 is 0 Å². The number of pyridine rings is 1. The van der Waals surface area contributed by atoms with Crippen LogP contribution in [-0.4, -0.2) is 9.97 Å². The summed E-state index contributed by atoms with van der Waals surface area (Å²) in [4.78, 5) is 8.39. The summed E-state index contributed by atoms with van der Waals surface area (Å²) >= 11 is 0. The first kappa shape index (κ1) is 12.8. The molecule has 0 saturated heterocycles. The predicted molar refractivity (Wildman–Crippen MR) is 87.4 cm³/mol. The highest BCUT2D eigenvalue weighted by Crippen LogP contribution is 2.43. The summed E-state index contributed by atoms with van der Waals surface area (Å²) in [5.41, 5.74) is 12.6. The molecule has 0 aliphatic heterocycles. The number of aromatic amines is 1. The lowest BCUT2D eigenvalue weighted by Crippen LogP contribution is -2.31. The van der Waals surface area contributed by atoms with Crippen LogP contribution in [0, 0.1) is 12.3 Å². The lowest BCUT2D eigenvalue weighted by Gasteiger charge is -2.35. The van der Waals surface area contributed by atoms with E-state index >= 15 is 0 Å². The minimum Gasteiger partial charge on any atom is -0.353 e. The van der Waals surface area contributed by atoms with Crippen molar-refractivity contribution in [3.63, 3.8) is 0 Å². The monoisotopic (exact) mass is 279 g/mol. The lowest BCUT2D eigenvalue weighted by molar-refractivity contribution is 0.280. The number of fused-ring (bicyclic) bond motifs is 5. The Kier molecular flexibility index (Phi) is 2.49. The Hall–Kier alpha value is -1.87. The minimum atomic E-state index is 0.0681. The molecule has 4 rings (SSSR count). The summed E-state index contributed by atoms with van der Waals surface area (Å²) in [7, 11) is 0. The summed E-state index contributed by atoms with van der Waals surface area (Å²) in [6, 6.07) is 8.53. The molecule has 1 aliphatic rings. The second kappa shape index (κ2) is 4.08. The number of rotatable bonds is 0. The van der Waals surface area contributed by atoms with Crippen LogP contribution in [0.25, 0.3) is 21.8 Å². The van der Waals surface area contributed by atoms with E-state index in [-0.39, 0.29) is 11.5 Å². The molecule has 108 valence electrons. The Labute approximate surface area is 124 Å². The Bertz CT molecular complexity index is 858. The summed E-state index contributed by atoms with van der Waals surface area (Å²) < 4.78 is 0. The zero-order valence-electron chi connectivity index (χ0n) is 12.8. The van der Waals surface area contributed by atoms with E-state index < -0.39 is 0 Å². The molecule has 21 heavy (non-hydrogen) atoms. The van der Waals surface area contributed by atoms with E-state index in [1.165, 1.54) is 27.5 Å². The van der Waals surface area contributed by atoms with Gasteiger partial charge in [-0.25, -0.2) is 0 Å². The van der Waals surface area contributed by atoms with E-state index in [4.69, 9.17) is 10.7 Å². The predicted octanol–water partition coefficient (Wildman–Crippen LogP) is 4.00. The molecule has 0 unspecified atom stereocenters. The molecule has 1 aromatic carbocycles. The molecule has 0 spiro atoms. The van der Waals surface area contributed by atoms with Crippen LogP contribution in [0.2, 0.25) is 0 Å². The van der Waals surface area contributed by atoms with Gasteiger partial charge in [-0.2, -0.15) is 0 Å². The van der Waals surface area contributed by atoms with E-state index in [1.54, 1.807) is 0 Å². The fourth-order valence-corrected chi connectivity index (χ4v) is 3.91. The van der Waals surface area contributed by atoms with E-state index in [9.17, 15) is 0 Å². The molecule has 3 N–H and O–H groups in total. The van der Waals surface area contributed by atoms with Crippen molar-refractivity contribution in [1.82, 2.24) is 9.97 Å². The van der Waals surface area contributed by atoms with E-state index in [2.05, 4.69) is 50.0 Å². The van der Waals surface area contributed by atoms with Gasteiger partial charge in [-0.1, -0.05) is 32.0 Å². The largest absolute Gasteiger partial charge is 0.353 e. The van der Waals surface area contributed by atoms with Crippen molar-refractivity contribution in [3.8, 4) is 0 Å². The van der Waals surface area contributed by atoms with Crippen LogP contribution in [0.15, 0.2) is 24.3 Å². The third kappa shape index (κ3) is 1.80. The van der Waals surface area contributed by atoms with Gasteiger partial charge in [0, 0.05) is 33.6 Å². The first-order chi connectivity index (χ1) is 9.96. The van der Waals surface area contributed by atoms with Crippen molar-refractivity contribution in [2.45, 2.75) is 39.7 Å². The van der Waals surface area contributed by atoms with Gasteiger partial charge in [0.1, 0.15) is 0 Å². The molecule has 0 bridgehead atoms. The maximum absolute atomic E-state index is 6.53. The van der Waals surface area contributed by atoms with Crippen LogP contribution < -0.4 is 5.73 Å². The Balaban J connectivity index is 2.15. The number of aryl methyl sites for hydroxylation is 1. The van der Waals surface area contributed by atoms with Gasteiger partial charge in [0.25, 0.3) is 0 Å². The van der Waals surface area contributed by atoms with E-state index in [0.717, 1.165) is 24.1 Å². The molecular weight excluding hydrogens is 258 g/mol. The van der Waals surface area contributed by atoms with Crippen molar-refractivity contribution in [3.05, 3.63) is 41.2 Å². The first-order valence-electron chi connectivity index (χ1n) is 7.62. The molecule has 3 heteroatoms. The van der Waals surface area contributed by atoms with Crippen molar-refractivity contribution in [1.29, 1.82) is 0 Å². The number of H-pyrrole nitrogens is 1. The summed E-state index contributed by atoms with van der Waals surface area (Å²) in [5.74, 6) is 0. The van der Waals surface area contributed by atoms with Gasteiger partial charge in [0.2, 0.25) is 0 Å². The molecule has 3 aromatic rings. The minimum absolute atomic E-state index is 0.0681. The Morgan fingerprint density at radius 1 is 1.29 bits per heavy atom. The van der Waals surface area contributed by atoms with Crippen LogP contribution in [0.5, 0.6) is 0 Å². The number of benzene rings is 1. The lowest BCUT2D eigenvalue weighted by atomic mass is 9.73. The highest BCUT2D eigenvalue weighted by Gasteiger charge is 2.33. The standard InChI is InChI=1S/C18H21N3/c1-10-17-15(11-6-4-5-7-13(11)21-17)16-12(19)8-18(2,3)9-14(16)20-10/h4-7,12,21H,8-9,19H2,1-3H3/t12-/m0/s1. The number of para-hydroxylation sites is 1. The maximum atomic E-state index is 6.53. The molecule has 2 heterocycles. The van der Waals surface area contributed by atoms with Crippen LogP contribution in [0.4, 0.5) is 0 Å². The smallest absolute Gasteiger partial charge is 0.0684 e. The maximum Gasteiger partial charge on any atom is 0.0684 e. The number of hydrogen-bond acceptors (Lipinski definition) is 2.